The third-order valence-corrected chi connectivity index (χ3v) is 2.73. The van der Waals surface area contributed by atoms with E-state index in [1.54, 1.807) is 0 Å². The van der Waals surface area contributed by atoms with Crippen LogP contribution in [0.15, 0.2) is 0 Å². The summed E-state index contributed by atoms with van der Waals surface area (Å²) in [6, 6.07) is 0. The molecule has 0 atom stereocenters. The SMILES string of the molecule is CNCCCCCC(=O)N1CC(C)C1. The number of amides is 1. The minimum atomic E-state index is 0.354. The summed E-state index contributed by atoms with van der Waals surface area (Å²) in [5.41, 5.74) is 0. The molecule has 82 valence electrons. The zero-order valence-electron chi connectivity index (χ0n) is 9.38. The van der Waals surface area contributed by atoms with Gasteiger partial charge in [0, 0.05) is 19.5 Å². The minimum Gasteiger partial charge on any atom is -0.342 e. The van der Waals surface area contributed by atoms with Crippen molar-refractivity contribution in [3.05, 3.63) is 0 Å². The summed E-state index contributed by atoms with van der Waals surface area (Å²) in [6.07, 6.45) is 4.14. The molecule has 1 aliphatic rings. The molecule has 3 nitrogen and oxygen atoms in total. The third kappa shape index (κ3) is 3.66. The number of carbonyl (C=O) groups is 1. The first kappa shape index (κ1) is 11.5. The predicted octanol–water partition coefficient (Wildman–Crippen LogP) is 1.24. The van der Waals surface area contributed by atoms with E-state index in [1.807, 2.05) is 11.9 Å². The first-order valence-corrected chi connectivity index (χ1v) is 5.66. The van der Waals surface area contributed by atoms with E-state index < -0.39 is 0 Å². The quantitative estimate of drug-likeness (QED) is 0.651. The van der Waals surface area contributed by atoms with Crippen LogP contribution in [0, 0.1) is 5.92 Å². The molecule has 0 radical (unpaired) electrons. The molecule has 0 saturated carbocycles. The van der Waals surface area contributed by atoms with Crippen LogP contribution in [-0.4, -0.2) is 37.5 Å². The molecular formula is C11H22N2O. The van der Waals surface area contributed by atoms with Gasteiger partial charge in [-0.1, -0.05) is 13.3 Å². The largest absolute Gasteiger partial charge is 0.342 e. The van der Waals surface area contributed by atoms with Crippen LogP contribution < -0.4 is 5.32 Å². The van der Waals surface area contributed by atoms with Crippen LogP contribution in [0.5, 0.6) is 0 Å². The van der Waals surface area contributed by atoms with E-state index in [1.165, 1.54) is 6.42 Å². The summed E-state index contributed by atoms with van der Waals surface area (Å²) in [4.78, 5) is 13.5. The third-order valence-electron chi connectivity index (χ3n) is 2.73. The molecule has 1 N–H and O–H groups in total. The smallest absolute Gasteiger partial charge is 0.222 e. The molecule has 0 bridgehead atoms. The van der Waals surface area contributed by atoms with Crippen molar-refractivity contribution in [1.82, 2.24) is 10.2 Å². The fourth-order valence-electron chi connectivity index (χ4n) is 1.82. The summed E-state index contributed by atoms with van der Waals surface area (Å²) >= 11 is 0. The van der Waals surface area contributed by atoms with Crippen molar-refractivity contribution in [2.75, 3.05) is 26.7 Å². The molecule has 14 heavy (non-hydrogen) atoms. The highest BCUT2D eigenvalue weighted by Crippen LogP contribution is 2.16. The lowest BCUT2D eigenvalue weighted by molar-refractivity contribution is -0.137. The molecule has 1 amide bonds. The Kier molecular flexibility index (Phi) is 4.94. The van der Waals surface area contributed by atoms with E-state index in [2.05, 4.69) is 12.2 Å². The van der Waals surface area contributed by atoms with Gasteiger partial charge in [0.15, 0.2) is 0 Å². The maximum atomic E-state index is 11.5. The first-order valence-electron chi connectivity index (χ1n) is 5.66. The Morgan fingerprint density at radius 3 is 2.64 bits per heavy atom. The van der Waals surface area contributed by atoms with Crippen LogP contribution in [0.3, 0.4) is 0 Å². The molecule has 0 aromatic carbocycles. The standard InChI is InChI=1S/C11H22N2O/c1-10-8-13(9-10)11(14)6-4-3-5-7-12-2/h10,12H,3-9H2,1-2H3. The lowest BCUT2D eigenvalue weighted by atomic mass is 10.0. The Morgan fingerprint density at radius 1 is 1.36 bits per heavy atom. The number of hydrogen-bond acceptors (Lipinski definition) is 2. The van der Waals surface area contributed by atoms with Crippen LogP contribution in [0.4, 0.5) is 0 Å². The molecular weight excluding hydrogens is 176 g/mol. The Hall–Kier alpha value is -0.570. The van der Waals surface area contributed by atoms with Crippen LogP contribution >= 0.6 is 0 Å². The summed E-state index contributed by atoms with van der Waals surface area (Å²) in [7, 11) is 1.96. The second-order valence-corrected chi connectivity index (χ2v) is 4.32. The zero-order chi connectivity index (χ0) is 10.4. The molecule has 3 heteroatoms. The number of hydrogen-bond donors (Lipinski definition) is 1. The van der Waals surface area contributed by atoms with Crippen LogP contribution in [0.2, 0.25) is 0 Å². The topological polar surface area (TPSA) is 32.3 Å². The highest BCUT2D eigenvalue weighted by Gasteiger charge is 2.25. The second kappa shape index (κ2) is 6.02. The van der Waals surface area contributed by atoms with Crippen molar-refractivity contribution >= 4 is 5.91 Å². The van der Waals surface area contributed by atoms with Gasteiger partial charge in [-0.2, -0.15) is 0 Å². The number of unbranched alkanes of at least 4 members (excludes halogenated alkanes) is 2. The Balaban J connectivity index is 1.93. The monoisotopic (exact) mass is 198 g/mol. The number of nitrogens with one attached hydrogen (secondary N) is 1. The molecule has 1 rings (SSSR count). The molecule has 0 spiro atoms. The Morgan fingerprint density at radius 2 is 2.07 bits per heavy atom. The van der Waals surface area contributed by atoms with Crippen LogP contribution in [0.25, 0.3) is 0 Å². The van der Waals surface area contributed by atoms with Crippen molar-refractivity contribution in [3.8, 4) is 0 Å². The number of nitrogens with zero attached hydrogens (tertiary/aromatic N) is 1. The Bertz CT molecular complexity index is 176. The van der Waals surface area contributed by atoms with E-state index in [-0.39, 0.29) is 0 Å². The second-order valence-electron chi connectivity index (χ2n) is 4.32. The number of rotatable bonds is 6. The van der Waals surface area contributed by atoms with Crippen molar-refractivity contribution < 1.29 is 4.79 Å². The van der Waals surface area contributed by atoms with Crippen molar-refractivity contribution in [2.45, 2.75) is 32.6 Å². The van der Waals surface area contributed by atoms with Gasteiger partial charge in [-0.3, -0.25) is 4.79 Å². The first-order chi connectivity index (χ1) is 6.74. The maximum absolute atomic E-state index is 11.5. The average Bonchev–Trinajstić information content (AvgIpc) is 2.12. The lowest BCUT2D eigenvalue weighted by Gasteiger charge is -2.37. The molecule has 1 saturated heterocycles. The summed E-state index contributed by atoms with van der Waals surface area (Å²) in [6.45, 7) is 5.22. The van der Waals surface area contributed by atoms with Crippen molar-refractivity contribution in [1.29, 1.82) is 0 Å². The van der Waals surface area contributed by atoms with E-state index in [0.717, 1.165) is 44.8 Å². The zero-order valence-corrected chi connectivity index (χ0v) is 9.38. The van der Waals surface area contributed by atoms with E-state index in [9.17, 15) is 4.79 Å². The normalized spacial score (nSPS) is 16.9. The fraction of sp³-hybridized carbons (Fsp3) is 0.909. The number of likely N-dealkylation sites (tertiary alicyclic amines) is 1. The van der Waals surface area contributed by atoms with E-state index in [0.29, 0.717) is 5.91 Å². The van der Waals surface area contributed by atoms with Gasteiger partial charge >= 0.3 is 0 Å². The number of carbonyl (C=O) groups excluding carboxylic acids is 1. The highest BCUT2D eigenvalue weighted by atomic mass is 16.2. The predicted molar refractivity (Wildman–Crippen MR) is 58.1 cm³/mol. The van der Waals surface area contributed by atoms with Gasteiger partial charge in [-0.05, 0) is 32.4 Å². The van der Waals surface area contributed by atoms with Crippen molar-refractivity contribution in [3.63, 3.8) is 0 Å². The highest BCUT2D eigenvalue weighted by molar-refractivity contribution is 5.76. The molecule has 1 fully saturated rings. The molecule has 0 aromatic heterocycles. The lowest BCUT2D eigenvalue weighted by Crippen LogP contribution is -2.48. The maximum Gasteiger partial charge on any atom is 0.222 e. The van der Waals surface area contributed by atoms with Gasteiger partial charge < -0.3 is 10.2 Å². The van der Waals surface area contributed by atoms with E-state index in [4.69, 9.17) is 0 Å². The average molecular weight is 198 g/mol. The fourth-order valence-corrected chi connectivity index (χ4v) is 1.82. The minimum absolute atomic E-state index is 0.354. The Labute approximate surface area is 86.9 Å². The van der Waals surface area contributed by atoms with E-state index >= 15 is 0 Å². The van der Waals surface area contributed by atoms with Gasteiger partial charge in [0.05, 0.1) is 0 Å². The van der Waals surface area contributed by atoms with Crippen molar-refractivity contribution in [2.24, 2.45) is 5.92 Å². The van der Waals surface area contributed by atoms with Gasteiger partial charge in [-0.15, -0.1) is 0 Å². The molecule has 1 heterocycles. The van der Waals surface area contributed by atoms with Gasteiger partial charge in [0.1, 0.15) is 0 Å². The van der Waals surface area contributed by atoms with Gasteiger partial charge in [0.25, 0.3) is 0 Å². The molecule has 1 aliphatic heterocycles. The summed E-state index contributed by atoms with van der Waals surface area (Å²) in [5, 5.41) is 3.11. The van der Waals surface area contributed by atoms with Crippen LogP contribution in [0.1, 0.15) is 32.6 Å². The summed E-state index contributed by atoms with van der Waals surface area (Å²) in [5.74, 6) is 1.08. The van der Waals surface area contributed by atoms with Crippen LogP contribution in [-0.2, 0) is 4.79 Å². The molecule has 0 unspecified atom stereocenters. The van der Waals surface area contributed by atoms with Gasteiger partial charge in [0.2, 0.25) is 5.91 Å². The van der Waals surface area contributed by atoms with Gasteiger partial charge in [-0.25, -0.2) is 0 Å². The molecule has 0 aliphatic carbocycles. The summed E-state index contributed by atoms with van der Waals surface area (Å²) < 4.78 is 0. The molecule has 0 aromatic rings.